The van der Waals surface area contributed by atoms with Crippen LogP contribution in [-0.2, 0) is 20.0 Å². The molecule has 1 aliphatic heterocycles. The van der Waals surface area contributed by atoms with E-state index in [1.54, 1.807) is 7.05 Å². The molecule has 7 nitrogen and oxygen atoms in total. The van der Waals surface area contributed by atoms with Crippen LogP contribution in [0.2, 0.25) is 0 Å². The lowest BCUT2D eigenvalue weighted by molar-refractivity contribution is 0.0688. The van der Waals surface area contributed by atoms with Gasteiger partial charge in [-0.25, -0.2) is 4.79 Å². The molecular formula is C8H10N4O3. The number of hydrogen-bond acceptors (Lipinski definition) is 4. The second-order valence-electron chi connectivity index (χ2n) is 3.42. The number of nitroso groups, excluding NO2 is 1. The minimum absolute atomic E-state index is 0.0815. The normalized spacial score (nSPS) is 14.9. The molecule has 0 aliphatic carbocycles. The Kier molecular flexibility index (Phi) is 2.14. The van der Waals surface area contributed by atoms with Crippen LogP contribution in [0, 0.1) is 4.91 Å². The number of aromatic nitrogens is 2. The molecular weight excluding hydrogens is 200 g/mol. The molecule has 0 aromatic carbocycles. The van der Waals surface area contributed by atoms with E-state index in [2.05, 4.69) is 10.4 Å². The summed E-state index contributed by atoms with van der Waals surface area (Å²) in [5, 5.41) is 17.0. The smallest absolute Gasteiger partial charge is 0.356 e. The Morgan fingerprint density at radius 2 is 2.33 bits per heavy atom. The first-order valence-corrected chi connectivity index (χ1v) is 4.49. The largest absolute Gasteiger partial charge is 0.476 e. The fourth-order valence-corrected chi connectivity index (χ4v) is 1.80. The zero-order chi connectivity index (χ0) is 11.0. The van der Waals surface area contributed by atoms with Crippen molar-refractivity contribution in [3.8, 4) is 0 Å². The van der Waals surface area contributed by atoms with Crippen molar-refractivity contribution in [2.75, 3.05) is 6.54 Å². The number of aromatic carboxylic acids is 1. The molecule has 7 heteroatoms. The number of aryl methyl sites for hydroxylation is 1. The fraction of sp³-hybridized carbons (Fsp3) is 0.500. The van der Waals surface area contributed by atoms with E-state index in [4.69, 9.17) is 5.11 Å². The maximum Gasteiger partial charge on any atom is 0.356 e. The third-order valence-electron chi connectivity index (χ3n) is 2.55. The maximum atomic E-state index is 10.9. The molecule has 0 spiro atoms. The molecule has 0 bridgehead atoms. The highest BCUT2D eigenvalue weighted by Gasteiger charge is 2.26. The van der Waals surface area contributed by atoms with Crippen molar-refractivity contribution in [3.63, 3.8) is 0 Å². The number of nitrogens with zero attached hydrogens (tertiary/aromatic N) is 4. The molecule has 1 aliphatic rings. The Morgan fingerprint density at radius 3 is 2.93 bits per heavy atom. The summed E-state index contributed by atoms with van der Waals surface area (Å²) < 4.78 is 1.50. The van der Waals surface area contributed by atoms with Gasteiger partial charge in [0.25, 0.3) is 0 Å². The van der Waals surface area contributed by atoms with Gasteiger partial charge in [0, 0.05) is 19.2 Å². The van der Waals surface area contributed by atoms with E-state index in [1.165, 1.54) is 9.69 Å². The summed E-state index contributed by atoms with van der Waals surface area (Å²) in [6, 6.07) is 0. The zero-order valence-electron chi connectivity index (χ0n) is 8.17. The number of hydrogen-bond donors (Lipinski definition) is 1. The molecule has 2 heterocycles. The standard InChI is InChI=1S/C8H10N4O3/c1-11-6-4-12(10-15)3-2-5(6)7(9-11)8(13)14/h2-4H2,1H3,(H,13,14). The molecule has 0 saturated carbocycles. The Bertz CT molecular complexity index is 426. The van der Waals surface area contributed by atoms with Gasteiger partial charge in [0.1, 0.15) is 0 Å². The van der Waals surface area contributed by atoms with Gasteiger partial charge in [-0.1, -0.05) is 0 Å². The topological polar surface area (TPSA) is 87.8 Å². The molecule has 0 fully saturated rings. The lowest BCUT2D eigenvalue weighted by Gasteiger charge is -2.21. The molecule has 0 radical (unpaired) electrons. The second-order valence-corrected chi connectivity index (χ2v) is 3.42. The molecule has 0 atom stereocenters. The van der Waals surface area contributed by atoms with Crippen LogP contribution in [0.3, 0.4) is 0 Å². The molecule has 1 aromatic rings. The lowest BCUT2D eigenvalue weighted by Crippen LogP contribution is -2.26. The van der Waals surface area contributed by atoms with Crippen molar-refractivity contribution in [2.24, 2.45) is 12.3 Å². The minimum Gasteiger partial charge on any atom is -0.476 e. The van der Waals surface area contributed by atoms with Crippen molar-refractivity contribution in [1.82, 2.24) is 14.8 Å². The van der Waals surface area contributed by atoms with Crippen LogP contribution in [0.5, 0.6) is 0 Å². The molecule has 80 valence electrons. The first-order chi connectivity index (χ1) is 7.13. The van der Waals surface area contributed by atoms with E-state index in [1.807, 2.05) is 0 Å². The van der Waals surface area contributed by atoms with Crippen LogP contribution in [0.1, 0.15) is 21.7 Å². The molecule has 0 amide bonds. The quantitative estimate of drug-likeness (QED) is 0.702. The van der Waals surface area contributed by atoms with Crippen LogP contribution in [0.25, 0.3) is 0 Å². The highest BCUT2D eigenvalue weighted by molar-refractivity contribution is 5.87. The van der Waals surface area contributed by atoms with Crippen LogP contribution in [0.4, 0.5) is 0 Å². The van der Waals surface area contributed by atoms with Gasteiger partial charge in [-0.2, -0.15) is 5.10 Å². The van der Waals surface area contributed by atoms with Crippen molar-refractivity contribution in [2.45, 2.75) is 13.0 Å². The number of carboxylic acids is 1. The Balaban J connectivity index is 2.44. The first-order valence-electron chi connectivity index (χ1n) is 4.49. The third kappa shape index (κ3) is 1.45. The van der Waals surface area contributed by atoms with E-state index in [0.29, 0.717) is 25.1 Å². The van der Waals surface area contributed by atoms with Crippen molar-refractivity contribution in [3.05, 3.63) is 21.9 Å². The summed E-state index contributed by atoms with van der Waals surface area (Å²) in [6.45, 7) is 0.776. The van der Waals surface area contributed by atoms with Crippen LogP contribution in [0.15, 0.2) is 5.29 Å². The Labute approximate surface area is 85.2 Å². The van der Waals surface area contributed by atoms with Gasteiger partial charge in [-0.15, -0.1) is 4.91 Å². The molecule has 0 saturated heterocycles. The lowest BCUT2D eigenvalue weighted by atomic mass is 10.1. The molecule has 1 aromatic heterocycles. The fourth-order valence-electron chi connectivity index (χ4n) is 1.80. The van der Waals surface area contributed by atoms with Gasteiger partial charge in [0.2, 0.25) is 0 Å². The zero-order valence-corrected chi connectivity index (χ0v) is 8.17. The van der Waals surface area contributed by atoms with Crippen molar-refractivity contribution < 1.29 is 9.90 Å². The average molecular weight is 210 g/mol. The first kappa shape index (κ1) is 9.63. The summed E-state index contributed by atoms with van der Waals surface area (Å²) in [4.78, 5) is 21.2. The van der Waals surface area contributed by atoms with Crippen LogP contribution in [-0.4, -0.2) is 32.4 Å². The van der Waals surface area contributed by atoms with Crippen LogP contribution >= 0.6 is 0 Å². The van der Waals surface area contributed by atoms with Gasteiger partial charge in [-0.3, -0.25) is 9.69 Å². The highest BCUT2D eigenvalue weighted by atomic mass is 16.4. The second kappa shape index (κ2) is 3.34. The van der Waals surface area contributed by atoms with E-state index >= 15 is 0 Å². The van der Waals surface area contributed by atoms with Gasteiger partial charge < -0.3 is 5.11 Å². The Hall–Kier alpha value is -1.92. The average Bonchev–Trinajstić information content (AvgIpc) is 2.56. The van der Waals surface area contributed by atoms with Gasteiger partial charge in [0.15, 0.2) is 5.69 Å². The molecule has 2 rings (SSSR count). The van der Waals surface area contributed by atoms with E-state index in [0.717, 1.165) is 5.69 Å². The van der Waals surface area contributed by atoms with Gasteiger partial charge >= 0.3 is 5.97 Å². The van der Waals surface area contributed by atoms with E-state index < -0.39 is 5.97 Å². The summed E-state index contributed by atoms with van der Waals surface area (Å²) in [6.07, 6.45) is 0.497. The third-order valence-corrected chi connectivity index (χ3v) is 2.55. The maximum absolute atomic E-state index is 10.9. The summed E-state index contributed by atoms with van der Waals surface area (Å²) in [5.74, 6) is -1.03. The monoisotopic (exact) mass is 210 g/mol. The predicted octanol–water partition coefficient (Wildman–Crippen LogP) is 0.158. The summed E-state index contributed by atoms with van der Waals surface area (Å²) in [7, 11) is 1.67. The van der Waals surface area contributed by atoms with E-state index in [9.17, 15) is 9.70 Å². The number of fused-ring (bicyclic) bond motifs is 1. The van der Waals surface area contributed by atoms with E-state index in [-0.39, 0.29) is 5.69 Å². The summed E-state index contributed by atoms with van der Waals surface area (Å²) >= 11 is 0. The number of carboxylic acid groups (broad SMARTS) is 1. The van der Waals surface area contributed by atoms with Crippen LogP contribution < -0.4 is 0 Å². The highest BCUT2D eigenvalue weighted by Crippen LogP contribution is 2.21. The minimum atomic E-state index is -1.03. The SMILES string of the molecule is Cn1nc(C(=O)O)c2c1CN(N=O)CC2. The molecule has 1 N–H and O–H groups in total. The molecule has 15 heavy (non-hydrogen) atoms. The molecule has 0 unspecified atom stereocenters. The van der Waals surface area contributed by atoms with Gasteiger partial charge in [-0.05, 0) is 6.42 Å². The number of rotatable bonds is 2. The van der Waals surface area contributed by atoms with Crippen molar-refractivity contribution >= 4 is 5.97 Å². The van der Waals surface area contributed by atoms with Gasteiger partial charge in [0.05, 0.1) is 17.5 Å². The summed E-state index contributed by atoms with van der Waals surface area (Å²) in [5.41, 5.74) is 1.54. The number of carbonyl (C=O) groups is 1. The van der Waals surface area contributed by atoms with Crippen molar-refractivity contribution in [1.29, 1.82) is 0 Å². The Morgan fingerprint density at radius 1 is 1.60 bits per heavy atom. The predicted molar refractivity (Wildman–Crippen MR) is 50.1 cm³/mol.